The van der Waals surface area contributed by atoms with Gasteiger partial charge in [-0.25, -0.2) is 4.57 Å². The number of ether oxygens (including phenoxy) is 3. The van der Waals surface area contributed by atoms with Crippen LogP contribution in [-0.4, -0.2) is 66.5 Å². The van der Waals surface area contributed by atoms with E-state index >= 15 is 0 Å². The first-order valence-electron chi connectivity index (χ1n) is 28.0. The van der Waals surface area contributed by atoms with Crippen molar-refractivity contribution in [1.82, 2.24) is 0 Å². The molecule has 424 valence electrons. The third-order valence-electron chi connectivity index (χ3n) is 10.7. The van der Waals surface area contributed by atoms with Crippen LogP contribution in [0.4, 0.5) is 0 Å². The first-order chi connectivity index (χ1) is 37.2. The molecule has 0 bridgehead atoms. The average Bonchev–Trinajstić information content (AvgIpc) is 3.41. The maximum absolute atomic E-state index is 12.9. The van der Waals surface area contributed by atoms with Crippen LogP contribution in [0.3, 0.4) is 0 Å². The van der Waals surface area contributed by atoms with Crippen LogP contribution in [0.15, 0.2) is 170 Å². The predicted molar refractivity (Wildman–Crippen MR) is 315 cm³/mol. The third kappa shape index (κ3) is 53.7. The van der Waals surface area contributed by atoms with Crippen LogP contribution in [-0.2, 0) is 42.2 Å². The molecule has 3 unspecified atom stereocenters. The van der Waals surface area contributed by atoms with Gasteiger partial charge in [0.05, 0.1) is 32.7 Å². The lowest BCUT2D eigenvalue weighted by molar-refractivity contribution is -0.160. The number of aliphatic hydroxyl groups excluding tert-OH is 1. The number of carbonyl (C=O) groups excluding carboxylic acids is 3. The summed E-state index contributed by atoms with van der Waals surface area (Å²) in [7, 11) is -4.81. The lowest BCUT2D eigenvalue weighted by Gasteiger charge is -2.21. The Morgan fingerprint density at radius 3 is 1.05 bits per heavy atom. The van der Waals surface area contributed by atoms with Crippen LogP contribution >= 0.6 is 7.82 Å². The molecule has 0 aromatic heterocycles. The van der Waals surface area contributed by atoms with E-state index in [9.17, 15) is 28.9 Å². The second kappa shape index (κ2) is 56.1. The lowest BCUT2D eigenvalue weighted by Crippen LogP contribution is -2.30. The van der Waals surface area contributed by atoms with Crippen molar-refractivity contribution in [3.05, 3.63) is 170 Å². The molecule has 3 atom stereocenters. The Morgan fingerprint density at radius 2 is 0.684 bits per heavy atom. The van der Waals surface area contributed by atoms with Crippen molar-refractivity contribution in [3.8, 4) is 0 Å². The molecular weight excluding hydrogens is 976 g/mol. The standard InChI is InChI=1S/C64H97O11P/c1-4-7-10-13-16-19-22-25-28-29-30-31-34-35-38-41-44-47-50-53-62(66)71-57-61(75-64(68)55-52-49-46-43-40-37-33-27-24-21-18-15-12-9-6-3)59-73-76(69,70)72-58-60(56-65)74-63(67)54-51-48-45-42-39-36-32-26-23-20-17-14-11-8-5-2/h7-12,16-21,25-28,30-33,39-40,42-43,48-49,51-52,60-61,65H,4-6,13-15,22-24,29,34-38,41,44-47,50,53-59H2,1-3H3,(H,69,70)/b10-7-,11-8-,12-9-,19-16-,20-17-,21-18-,28-25-,31-30-,32-26-,33-27-,42-39-,43-40-,51-48-,52-49-. The van der Waals surface area contributed by atoms with E-state index in [4.69, 9.17) is 23.3 Å². The summed E-state index contributed by atoms with van der Waals surface area (Å²) in [6.07, 6.45) is 75.2. The van der Waals surface area contributed by atoms with Gasteiger partial charge < -0.3 is 24.2 Å². The maximum atomic E-state index is 12.9. The molecule has 0 rings (SSSR count). The predicted octanol–water partition coefficient (Wildman–Crippen LogP) is 16.7. The van der Waals surface area contributed by atoms with E-state index in [2.05, 4.69) is 142 Å². The van der Waals surface area contributed by atoms with E-state index < -0.39 is 64.4 Å². The van der Waals surface area contributed by atoms with Crippen molar-refractivity contribution < 1.29 is 52.2 Å². The quantitative estimate of drug-likeness (QED) is 0.0197. The molecule has 12 heteroatoms. The fraction of sp³-hybridized carbons (Fsp3) is 0.516. The van der Waals surface area contributed by atoms with E-state index in [-0.39, 0.29) is 19.3 Å². The van der Waals surface area contributed by atoms with Crippen molar-refractivity contribution in [2.75, 3.05) is 26.4 Å². The summed E-state index contributed by atoms with van der Waals surface area (Å²) in [5.41, 5.74) is 0. The number of unbranched alkanes of at least 4 members (excludes halogenated alkanes) is 6. The van der Waals surface area contributed by atoms with Crippen LogP contribution < -0.4 is 0 Å². The van der Waals surface area contributed by atoms with Gasteiger partial charge in [-0.15, -0.1) is 0 Å². The van der Waals surface area contributed by atoms with Gasteiger partial charge in [-0.3, -0.25) is 23.4 Å². The van der Waals surface area contributed by atoms with Gasteiger partial charge in [0.25, 0.3) is 0 Å². The molecular formula is C64H97O11P. The van der Waals surface area contributed by atoms with Gasteiger partial charge in [0.1, 0.15) is 12.7 Å². The summed E-state index contributed by atoms with van der Waals surface area (Å²) >= 11 is 0. The van der Waals surface area contributed by atoms with Crippen LogP contribution in [0.2, 0.25) is 0 Å². The summed E-state index contributed by atoms with van der Waals surface area (Å²) in [5, 5.41) is 9.79. The SMILES string of the molecule is CC/C=C\C/C=C\C/C=C\C/C=C\C/C=C\CC(=O)OC(CO)COP(=O)(O)OCC(COC(=O)CCCCCCCC/C=C\C/C=C\C/C=C\C/C=C\CC)OC(=O)C/C=C\C/C=C\C/C=C\C/C=C\C/C=C\CC. The minimum atomic E-state index is -4.81. The Balaban J connectivity index is 4.96. The van der Waals surface area contributed by atoms with Gasteiger partial charge in [-0.2, -0.15) is 0 Å². The Kier molecular flexibility index (Phi) is 52.2. The zero-order chi connectivity index (χ0) is 55.5. The smallest absolute Gasteiger partial charge is 0.462 e. The molecule has 0 aliphatic rings. The molecule has 0 aliphatic heterocycles. The summed E-state index contributed by atoms with van der Waals surface area (Å²) in [5.74, 6) is -1.80. The maximum Gasteiger partial charge on any atom is 0.472 e. The lowest BCUT2D eigenvalue weighted by atomic mass is 10.1. The Morgan fingerprint density at radius 1 is 0.382 bits per heavy atom. The number of phosphoric acid groups is 1. The molecule has 0 aromatic rings. The Bertz CT molecular complexity index is 1920. The number of rotatable bonds is 49. The number of phosphoric ester groups is 1. The number of esters is 3. The van der Waals surface area contributed by atoms with Gasteiger partial charge >= 0.3 is 25.7 Å². The molecule has 0 aromatic carbocycles. The zero-order valence-electron chi connectivity index (χ0n) is 46.6. The number of aliphatic hydroxyl groups is 1. The van der Waals surface area contributed by atoms with Crippen LogP contribution in [0, 0.1) is 0 Å². The van der Waals surface area contributed by atoms with Gasteiger partial charge in [0, 0.05) is 6.42 Å². The van der Waals surface area contributed by atoms with Crippen LogP contribution in [0.1, 0.15) is 175 Å². The van der Waals surface area contributed by atoms with E-state index in [1.165, 1.54) is 0 Å². The zero-order valence-corrected chi connectivity index (χ0v) is 47.5. The normalized spacial score (nSPS) is 14.6. The highest BCUT2D eigenvalue weighted by atomic mass is 31.2. The van der Waals surface area contributed by atoms with Gasteiger partial charge in [0.15, 0.2) is 6.10 Å². The van der Waals surface area contributed by atoms with Crippen molar-refractivity contribution in [2.45, 2.75) is 187 Å². The molecule has 0 spiro atoms. The monoisotopic (exact) mass is 1070 g/mol. The first-order valence-corrected chi connectivity index (χ1v) is 29.5. The summed E-state index contributed by atoms with van der Waals surface area (Å²) < 4.78 is 39.2. The summed E-state index contributed by atoms with van der Waals surface area (Å²) in [4.78, 5) is 48.4. The Hall–Kier alpha value is -5.16. The van der Waals surface area contributed by atoms with E-state index in [1.807, 2.05) is 36.5 Å². The van der Waals surface area contributed by atoms with E-state index in [0.29, 0.717) is 19.3 Å². The Labute approximate surface area is 459 Å². The first kappa shape index (κ1) is 70.8. The second-order valence-electron chi connectivity index (χ2n) is 17.6. The molecule has 0 fully saturated rings. The molecule has 11 nitrogen and oxygen atoms in total. The molecule has 0 amide bonds. The number of hydrogen-bond acceptors (Lipinski definition) is 10. The highest BCUT2D eigenvalue weighted by molar-refractivity contribution is 7.47. The van der Waals surface area contributed by atoms with Gasteiger partial charge in [0.2, 0.25) is 0 Å². The van der Waals surface area contributed by atoms with Crippen molar-refractivity contribution in [3.63, 3.8) is 0 Å². The molecule has 0 aliphatic carbocycles. The second-order valence-corrected chi connectivity index (χ2v) is 19.1. The minimum Gasteiger partial charge on any atom is -0.462 e. The third-order valence-corrected chi connectivity index (χ3v) is 11.6. The minimum absolute atomic E-state index is 0.0730. The highest BCUT2D eigenvalue weighted by Crippen LogP contribution is 2.43. The van der Waals surface area contributed by atoms with E-state index in [0.717, 1.165) is 116 Å². The fourth-order valence-electron chi connectivity index (χ4n) is 6.55. The van der Waals surface area contributed by atoms with E-state index in [1.54, 1.807) is 12.2 Å². The van der Waals surface area contributed by atoms with Crippen LogP contribution in [0.25, 0.3) is 0 Å². The number of hydrogen-bond donors (Lipinski definition) is 2. The largest absolute Gasteiger partial charge is 0.472 e. The summed E-state index contributed by atoms with van der Waals surface area (Å²) in [6, 6.07) is 0. The molecule has 2 N–H and O–H groups in total. The van der Waals surface area contributed by atoms with Crippen molar-refractivity contribution in [2.24, 2.45) is 0 Å². The number of allylic oxidation sites excluding steroid dienone is 26. The fourth-order valence-corrected chi connectivity index (χ4v) is 7.34. The molecule has 0 radical (unpaired) electrons. The average molecular weight is 1070 g/mol. The molecule has 76 heavy (non-hydrogen) atoms. The molecule has 0 saturated carbocycles. The number of carbonyl (C=O) groups is 3. The van der Waals surface area contributed by atoms with Crippen molar-refractivity contribution >= 4 is 25.7 Å². The highest BCUT2D eigenvalue weighted by Gasteiger charge is 2.28. The van der Waals surface area contributed by atoms with Crippen molar-refractivity contribution in [1.29, 1.82) is 0 Å². The van der Waals surface area contributed by atoms with Gasteiger partial charge in [-0.05, 0) is 109 Å². The van der Waals surface area contributed by atoms with Crippen LogP contribution in [0.5, 0.6) is 0 Å². The molecule has 0 saturated heterocycles. The van der Waals surface area contributed by atoms with Gasteiger partial charge in [-0.1, -0.05) is 217 Å². The topological polar surface area (TPSA) is 155 Å². The summed E-state index contributed by atoms with van der Waals surface area (Å²) in [6.45, 7) is 4.02. The molecule has 0 heterocycles.